The number of likely N-dealkylation sites (tertiary alicyclic amines) is 2. The van der Waals surface area contributed by atoms with Crippen molar-refractivity contribution in [1.29, 1.82) is 0 Å². The summed E-state index contributed by atoms with van der Waals surface area (Å²) in [5, 5.41) is 0. The molecule has 2 aromatic rings. The monoisotopic (exact) mass is 461 g/mol. The van der Waals surface area contributed by atoms with Crippen molar-refractivity contribution in [3.05, 3.63) is 53.9 Å². The highest BCUT2D eigenvalue weighted by atomic mass is 16.6. The molecular formula is C28H35N3O3. The number of ether oxygens (including phenoxy) is 1. The zero-order valence-corrected chi connectivity index (χ0v) is 20.5. The Bertz CT molecular complexity index is 1080. The maximum absolute atomic E-state index is 13.4. The van der Waals surface area contributed by atoms with E-state index in [1.165, 1.54) is 0 Å². The third-order valence-electron chi connectivity index (χ3n) is 7.76. The lowest BCUT2D eigenvalue weighted by Gasteiger charge is -2.44. The highest BCUT2D eigenvalue weighted by Gasteiger charge is 2.54. The number of nitrogens with zero attached hydrogens (tertiary/aromatic N) is 3. The van der Waals surface area contributed by atoms with Crippen molar-refractivity contribution in [2.24, 2.45) is 5.41 Å². The van der Waals surface area contributed by atoms with Gasteiger partial charge in [0.25, 0.3) is 5.91 Å². The first-order valence-electron chi connectivity index (χ1n) is 12.5. The second kappa shape index (κ2) is 8.81. The van der Waals surface area contributed by atoms with Crippen LogP contribution in [0.1, 0.15) is 61.9 Å². The maximum atomic E-state index is 13.4. The van der Waals surface area contributed by atoms with E-state index in [-0.39, 0.29) is 22.9 Å². The predicted molar refractivity (Wildman–Crippen MR) is 131 cm³/mol. The molecule has 1 atom stereocenters. The summed E-state index contributed by atoms with van der Waals surface area (Å²) in [6.07, 6.45) is 8.25. The van der Waals surface area contributed by atoms with E-state index in [2.05, 4.69) is 16.0 Å². The van der Waals surface area contributed by atoms with Gasteiger partial charge in [-0.3, -0.25) is 19.5 Å². The van der Waals surface area contributed by atoms with E-state index >= 15 is 0 Å². The first-order chi connectivity index (χ1) is 16.2. The number of hydrogen-bond acceptors (Lipinski definition) is 5. The number of carbonyl (C=O) groups excluding carboxylic acids is 2. The van der Waals surface area contributed by atoms with E-state index in [0.717, 1.165) is 80.5 Å². The van der Waals surface area contributed by atoms with E-state index in [1.54, 1.807) is 6.20 Å². The van der Waals surface area contributed by atoms with Gasteiger partial charge in [-0.05, 0) is 82.3 Å². The second-order valence-electron chi connectivity index (χ2n) is 11.0. The van der Waals surface area contributed by atoms with E-state index in [0.29, 0.717) is 6.04 Å². The molecule has 5 rings (SSSR count). The molecule has 3 aliphatic rings. The minimum Gasteiger partial charge on any atom is -0.459 e. The minimum absolute atomic E-state index is 0.0151. The molecule has 1 spiro atoms. The third-order valence-corrected chi connectivity index (χ3v) is 7.76. The number of carbonyl (C=O) groups is 2. The van der Waals surface area contributed by atoms with Gasteiger partial charge in [-0.25, -0.2) is 0 Å². The molecular weight excluding hydrogens is 426 g/mol. The van der Waals surface area contributed by atoms with Gasteiger partial charge in [-0.15, -0.1) is 0 Å². The van der Waals surface area contributed by atoms with Gasteiger partial charge >= 0.3 is 5.97 Å². The average Bonchev–Trinajstić information content (AvgIpc) is 3.05. The molecule has 180 valence electrons. The van der Waals surface area contributed by atoms with Gasteiger partial charge in [0.2, 0.25) is 0 Å². The topological polar surface area (TPSA) is 62.7 Å². The first-order valence-corrected chi connectivity index (χ1v) is 12.5. The Morgan fingerprint density at radius 1 is 1.12 bits per heavy atom. The second-order valence-corrected chi connectivity index (χ2v) is 11.0. The number of benzene rings is 1. The van der Waals surface area contributed by atoms with E-state index in [4.69, 9.17) is 4.74 Å². The lowest BCUT2D eigenvalue weighted by molar-refractivity contribution is -0.154. The number of aromatic nitrogens is 1. The summed E-state index contributed by atoms with van der Waals surface area (Å²) in [4.78, 5) is 34.8. The van der Waals surface area contributed by atoms with Gasteiger partial charge in [0.05, 0.1) is 5.41 Å². The van der Waals surface area contributed by atoms with Crippen molar-refractivity contribution in [3.8, 4) is 11.1 Å². The van der Waals surface area contributed by atoms with E-state index < -0.39 is 0 Å². The molecule has 6 heteroatoms. The number of esters is 1. The molecule has 3 saturated heterocycles. The number of amides is 1. The van der Waals surface area contributed by atoms with Crippen molar-refractivity contribution in [2.45, 2.75) is 64.5 Å². The highest BCUT2D eigenvalue weighted by Crippen LogP contribution is 2.46. The summed E-state index contributed by atoms with van der Waals surface area (Å²) < 4.78 is 5.70. The van der Waals surface area contributed by atoms with E-state index in [1.807, 2.05) is 56.1 Å². The smallest absolute Gasteiger partial charge is 0.314 e. The fraction of sp³-hybridized carbons (Fsp3) is 0.536. The Morgan fingerprint density at radius 2 is 1.91 bits per heavy atom. The summed E-state index contributed by atoms with van der Waals surface area (Å²) in [6, 6.07) is 10.4. The molecule has 0 radical (unpaired) electrons. The number of rotatable bonds is 3. The standard InChI is InChI=1S/C28H35N3O3/c1-20-14-22(21-6-4-10-29-17-21)16-23(15-20)25(32)30-12-7-24(8-13-30)31-11-5-9-28(19-31)18-27(2,3)34-26(28)33/h4,6,10,14-17,24H,5,7-9,11-13,18-19H2,1-3H3. The van der Waals surface area contributed by atoms with Gasteiger partial charge < -0.3 is 9.64 Å². The molecule has 1 amide bonds. The van der Waals surface area contributed by atoms with Crippen LogP contribution >= 0.6 is 0 Å². The van der Waals surface area contributed by atoms with Crippen LogP contribution < -0.4 is 0 Å². The first kappa shape index (κ1) is 23.0. The summed E-state index contributed by atoms with van der Waals surface area (Å²) in [5.41, 5.74) is 3.15. The van der Waals surface area contributed by atoms with Crippen molar-refractivity contribution in [2.75, 3.05) is 26.2 Å². The fourth-order valence-corrected chi connectivity index (χ4v) is 6.30. The molecule has 0 bridgehead atoms. The Hall–Kier alpha value is -2.73. The molecule has 1 unspecified atom stereocenters. The lowest BCUT2D eigenvalue weighted by Crippen LogP contribution is -2.53. The summed E-state index contributed by atoms with van der Waals surface area (Å²) in [7, 11) is 0. The number of pyridine rings is 1. The number of cyclic esters (lactones) is 1. The van der Waals surface area contributed by atoms with Crippen LogP contribution in [0.2, 0.25) is 0 Å². The zero-order valence-electron chi connectivity index (χ0n) is 20.5. The van der Waals surface area contributed by atoms with Crippen LogP contribution in [0.5, 0.6) is 0 Å². The fourth-order valence-electron chi connectivity index (χ4n) is 6.30. The lowest BCUT2D eigenvalue weighted by atomic mass is 9.74. The largest absolute Gasteiger partial charge is 0.459 e. The molecule has 4 heterocycles. The highest BCUT2D eigenvalue weighted by molar-refractivity contribution is 5.95. The van der Waals surface area contributed by atoms with Gasteiger partial charge in [0.1, 0.15) is 5.60 Å². The van der Waals surface area contributed by atoms with Gasteiger partial charge in [0, 0.05) is 55.6 Å². The molecule has 1 aromatic heterocycles. The normalized spacial score (nSPS) is 25.5. The number of piperidine rings is 2. The molecule has 0 N–H and O–H groups in total. The van der Waals surface area contributed by atoms with Gasteiger partial charge in [0.15, 0.2) is 0 Å². The predicted octanol–water partition coefficient (Wildman–Crippen LogP) is 4.47. The van der Waals surface area contributed by atoms with Crippen LogP contribution in [0.4, 0.5) is 0 Å². The maximum Gasteiger partial charge on any atom is 0.314 e. The Morgan fingerprint density at radius 3 is 2.59 bits per heavy atom. The van der Waals surface area contributed by atoms with E-state index in [9.17, 15) is 9.59 Å². The van der Waals surface area contributed by atoms with Crippen molar-refractivity contribution in [1.82, 2.24) is 14.8 Å². The average molecular weight is 462 g/mol. The molecule has 1 aromatic carbocycles. The Labute approximate surface area is 202 Å². The van der Waals surface area contributed by atoms with Crippen LogP contribution in [0, 0.1) is 12.3 Å². The van der Waals surface area contributed by atoms with Crippen molar-refractivity contribution >= 4 is 11.9 Å². The SMILES string of the molecule is Cc1cc(C(=O)N2CCC(N3CCCC4(C3)CC(C)(C)OC4=O)CC2)cc(-c2cccnc2)c1. The molecule has 0 aliphatic carbocycles. The zero-order chi connectivity index (χ0) is 23.9. The van der Waals surface area contributed by atoms with Crippen LogP contribution in [-0.2, 0) is 9.53 Å². The number of hydrogen-bond donors (Lipinski definition) is 0. The molecule has 34 heavy (non-hydrogen) atoms. The summed E-state index contributed by atoms with van der Waals surface area (Å²) in [6.45, 7) is 9.39. The van der Waals surface area contributed by atoms with Gasteiger partial charge in [-0.1, -0.05) is 12.1 Å². The summed E-state index contributed by atoms with van der Waals surface area (Å²) in [5.74, 6) is 0.0854. The number of aryl methyl sites for hydroxylation is 1. The molecule has 3 aliphatic heterocycles. The third kappa shape index (κ3) is 4.48. The van der Waals surface area contributed by atoms with Crippen molar-refractivity contribution < 1.29 is 14.3 Å². The quantitative estimate of drug-likeness (QED) is 0.631. The van der Waals surface area contributed by atoms with Crippen molar-refractivity contribution in [3.63, 3.8) is 0 Å². The van der Waals surface area contributed by atoms with Crippen LogP contribution in [0.3, 0.4) is 0 Å². The Balaban J connectivity index is 1.24. The van der Waals surface area contributed by atoms with Crippen LogP contribution in [0.15, 0.2) is 42.7 Å². The van der Waals surface area contributed by atoms with Crippen LogP contribution in [-0.4, -0.2) is 64.5 Å². The van der Waals surface area contributed by atoms with Gasteiger partial charge in [-0.2, -0.15) is 0 Å². The van der Waals surface area contributed by atoms with Crippen LogP contribution in [0.25, 0.3) is 11.1 Å². The Kier molecular flexibility index (Phi) is 5.96. The molecule has 6 nitrogen and oxygen atoms in total. The minimum atomic E-state index is -0.363. The molecule has 0 saturated carbocycles. The molecule has 3 fully saturated rings. The summed E-state index contributed by atoms with van der Waals surface area (Å²) >= 11 is 0.